The molecule has 29 heavy (non-hydrogen) atoms. The Bertz CT molecular complexity index is 726. The first kappa shape index (κ1) is 24.5. The Balaban J connectivity index is 2.76. The van der Waals surface area contributed by atoms with Crippen molar-refractivity contribution in [2.75, 3.05) is 26.7 Å². The van der Waals surface area contributed by atoms with E-state index in [1.54, 1.807) is 26.1 Å². The molecule has 0 aliphatic carbocycles. The van der Waals surface area contributed by atoms with Crippen molar-refractivity contribution < 1.29 is 14.4 Å². The predicted octanol–water partition coefficient (Wildman–Crippen LogP) is -0.0428. The van der Waals surface area contributed by atoms with Crippen LogP contribution in [0.5, 0.6) is 0 Å². The van der Waals surface area contributed by atoms with Gasteiger partial charge in [-0.1, -0.05) is 37.3 Å². The quantitative estimate of drug-likeness (QED) is 0.315. The molecule has 9 nitrogen and oxygen atoms in total. The molecule has 0 aliphatic rings. The van der Waals surface area contributed by atoms with Crippen molar-refractivity contribution in [1.29, 1.82) is 0 Å². The van der Waals surface area contributed by atoms with Gasteiger partial charge in [0.25, 0.3) is 0 Å². The highest BCUT2D eigenvalue weighted by molar-refractivity contribution is 8.01. The number of benzene rings is 1. The van der Waals surface area contributed by atoms with Crippen molar-refractivity contribution in [3.8, 4) is 0 Å². The largest absolute Gasteiger partial charge is 0.396 e. The monoisotopic (exact) mass is 422 g/mol. The van der Waals surface area contributed by atoms with E-state index < -0.39 is 11.9 Å². The highest BCUT2D eigenvalue weighted by atomic mass is 32.2. The van der Waals surface area contributed by atoms with Crippen molar-refractivity contribution in [3.63, 3.8) is 0 Å². The lowest BCUT2D eigenvalue weighted by molar-refractivity contribution is -0.136. The predicted molar refractivity (Wildman–Crippen MR) is 116 cm³/mol. The molecule has 0 bridgehead atoms. The van der Waals surface area contributed by atoms with E-state index in [1.807, 2.05) is 25.1 Å². The summed E-state index contributed by atoms with van der Waals surface area (Å²) >= 11 is 0.825. The van der Waals surface area contributed by atoms with Crippen molar-refractivity contribution in [3.05, 3.63) is 40.9 Å². The van der Waals surface area contributed by atoms with Gasteiger partial charge in [-0.25, -0.2) is 0 Å². The molecule has 0 fully saturated rings. The molecule has 0 saturated carbocycles. The van der Waals surface area contributed by atoms with Gasteiger partial charge in [0, 0.05) is 12.1 Å². The van der Waals surface area contributed by atoms with Crippen LogP contribution >= 0.6 is 11.9 Å². The van der Waals surface area contributed by atoms with Gasteiger partial charge in [0.1, 0.15) is 5.03 Å². The third-order valence-corrected chi connectivity index (χ3v) is 4.68. The number of carbonyl (C=O) groups is 3. The highest BCUT2D eigenvalue weighted by Crippen LogP contribution is 2.17. The van der Waals surface area contributed by atoms with Gasteiger partial charge in [0.05, 0.1) is 24.8 Å². The number of amides is 3. The minimum atomic E-state index is -0.423. The summed E-state index contributed by atoms with van der Waals surface area (Å²) in [5, 5.41) is 14.0. The van der Waals surface area contributed by atoms with E-state index >= 15 is 0 Å². The second-order valence-corrected chi connectivity index (χ2v) is 6.96. The molecule has 3 amide bonds. The van der Waals surface area contributed by atoms with E-state index in [-0.39, 0.29) is 24.9 Å². The van der Waals surface area contributed by atoms with Crippen LogP contribution < -0.4 is 26.8 Å². The zero-order valence-electron chi connectivity index (χ0n) is 17.0. The van der Waals surface area contributed by atoms with E-state index in [0.29, 0.717) is 23.7 Å². The average Bonchev–Trinajstić information content (AvgIpc) is 2.74. The van der Waals surface area contributed by atoms with Crippen molar-refractivity contribution in [2.45, 2.75) is 26.3 Å². The Morgan fingerprint density at radius 3 is 2.41 bits per heavy atom. The summed E-state index contributed by atoms with van der Waals surface area (Å²) in [6.07, 6.45) is 0.667. The van der Waals surface area contributed by atoms with Gasteiger partial charge in [-0.05, 0) is 32.3 Å². The zero-order valence-corrected chi connectivity index (χ0v) is 17.8. The van der Waals surface area contributed by atoms with Crippen LogP contribution in [0.15, 0.2) is 35.4 Å². The molecule has 1 aromatic carbocycles. The molecular weight excluding hydrogens is 392 g/mol. The summed E-state index contributed by atoms with van der Waals surface area (Å²) in [5.41, 5.74) is 7.17. The second-order valence-electron chi connectivity index (χ2n) is 6.32. The molecule has 0 saturated heterocycles. The molecule has 1 unspecified atom stereocenters. The number of rotatable bonds is 11. The Kier molecular flexibility index (Phi) is 10.8. The summed E-state index contributed by atoms with van der Waals surface area (Å²) < 4.78 is 0. The molecule has 1 aromatic rings. The maximum absolute atomic E-state index is 12.5. The number of hydrogen-bond donors (Lipinski definition) is 5. The van der Waals surface area contributed by atoms with Crippen LogP contribution in [0, 0.1) is 0 Å². The van der Waals surface area contributed by atoms with Gasteiger partial charge < -0.3 is 26.6 Å². The van der Waals surface area contributed by atoms with Gasteiger partial charge in [-0.3, -0.25) is 19.5 Å². The summed E-state index contributed by atoms with van der Waals surface area (Å²) in [4.78, 5) is 38.1. The maximum atomic E-state index is 12.5. The molecule has 7 N–H and O–H groups in total. The Hall–Kier alpha value is -2.56. The molecule has 0 spiro atoms. The smallest absolute Gasteiger partial charge is 0.244 e. The number of nitrogens with one attached hydrogen (secondary N) is 3. The zero-order chi connectivity index (χ0) is 21.8. The number of nitrogens with two attached hydrogens (primary N) is 2. The van der Waals surface area contributed by atoms with Gasteiger partial charge in [0.2, 0.25) is 17.7 Å². The van der Waals surface area contributed by atoms with Crippen LogP contribution in [0.25, 0.3) is 5.70 Å². The molecule has 0 aromatic heterocycles. The van der Waals surface area contributed by atoms with Crippen molar-refractivity contribution in [1.82, 2.24) is 20.9 Å². The van der Waals surface area contributed by atoms with E-state index in [2.05, 4.69) is 16.0 Å². The summed E-state index contributed by atoms with van der Waals surface area (Å²) in [5.74, 6) is -1.06. The Labute approximate surface area is 175 Å². The lowest BCUT2D eigenvalue weighted by Crippen LogP contribution is -2.48. The SMILES string of the molecule is CCCN(CC(=O)N/C(SN)=C(/N)c1ccccc1)C(=O)CNC(=O)C(C)NC. The fourth-order valence-corrected chi connectivity index (χ4v) is 2.79. The van der Waals surface area contributed by atoms with Crippen LogP contribution in [0.1, 0.15) is 25.8 Å². The van der Waals surface area contributed by atoms with Crippen LogP contribution in [0.4, 0.5) is 0 Å². The minimum Gasteiger partial charge on any atom is -0.396 e. The molecule has 0 aliphatic heterocycles. The fraction of sp³-hybridized carbons (Fsp3) is 0.421. The molecule has 1 atom stereocenters. The van der Waals surface area contributed by atoms with Crippen LogP contribution in [0.3, 0.4) is 0 Å². The van der Waals surface area contributed by atoms with Crippen LogP contribution in [-0.4, -0.2) is 55.3 Å². The van der Waals surface area contributed by atoms with E-state index in [4.69, 9.17) is 10.9 Å². The molecular formula is C19H30N6O3S. The lowest BCUT2D eigenvalue weighted by Gasteiger charge is -2.22. The minimum absolute atomic E-state index is 0.170. The Morgan fingerprint density at radius 1 is 1.21 bits per heavy atom. The second kappa shape index (κ2) is 12.8. The van der Waals surface area contributed by atoms with Gasteiger partial charge >= 0.3 is 0 Å². The summed E-state index contributed by atoms with van der Waals surface area (Å²) in [6.45, 7) is 3.61. The van der Waals surface area contributed by atoms with Gasteiger partial charge in [0.15, 0.2) is 0 Å². The molecule has 10 heteroatoms. The number of carbonyl (C=O) groups excluding carboxylic acids is 3. The van der Waals surface area contributed by atoms with E-state index in [1.165, 1.54) is 4.90 Å². The standard InChI is InChI=1S/C19H30N6O3S/c1-4-10-25(16(27)11-23-18(28)13(2)22-3)12-15(26)24-19(29-21)17(20)14-8-6-5-7-9-14/h5-9,13,22H,4,10-12,20-21H2,1-3H3,(H,23,28)(H,24,26)/b19-17-. The first-order chi connectivity index (χ1) is 13.8. The Morgan fingerprint density at radius 2 is 1.86 bits per heavy atom. The molecule has 160 valence electrons. The highest BCUT2D eigenvalue weighted by Gasteiger charge is 2.19. The summed E-state index contributed by atoms with van der Waals surface area (Å²) in [7, 11) is 1.65. The van der Waals surface area contributed by atoms with Gasteiger partial charge in [-0.2, -0.15) is 0 Å². The number of nitrogens with zero attached hydrogens (tertiary/aromatic N) is 1. The topological polar surface area (TPSA) is 143 Å². The first-order valence-electron chi connectivity index (χ1n) is 9.28. The van der Waals surface area contributed by atoms with E-state index in [0.717, 1.165) is 17.5 Å². The van der Waals surface area contributed by atoms with Crippen LogP contribution in [-0.2, 0) is 14.4 Å². The molecule has 0 heterocycles. The maximum Gasteiger partial charge on any atom is 0.244 e. The number of hydrogen-bond acceptors (Lipinski definition) is 7. The average molecular weight is 423 g/mol. The normalized spacial score (nSPS) is 12.6. The van der Waals surface area contributed by atoms with Crippen molar-refractivity contribution >= 4 is 35.4 Å². The van der Waals surface area contributed by atoms with Crippen molar-refractivity contribution in [2.24, 2.45) is 10.9 Å². The third-order valence-electron chi connectivity index (χ3n) is 4.12. The first-order valence-corrected chi connectivity index (χ1v) is 10.2. The van der Waals surface area contributed by atoms with Gasteiger partial charge in [-0.15, -0.1) is 0 Å². The van der Waals surface area contributed by atoms with E-state index in [9.17, 15) is 14.4 Å². The number of likely N-dealkylation sites (N-methyl/N-ethyl adjacent to an activating group) is 1. The molecule has 0 radical (unpaired) electrons. The lowest BCUT2D eigenvalue weighted by atomic mass is 10.2. The third kappa shape index (κ3) is 8.14. The summed E-state index contributed by atoms with van der Waals surface area (Å²) in [6, 6.07) is 8.70. The van der Waals surface area contributed by atoms with Crippen LogP contribution in [0.2, 0.25) is 0 Å². The molecule has 1 rings (SSSR count). The fourth-order valence-electron chi connectivity index (χ4n) is 2.37.